The number of carbonyl (C=O) groups is 2. The standard InChI is InChI=1S/C25H26N4O2/c1-16-7-5-9-18(15-16)23-24(30)26-13-14-28(23)25(31)22-19-10-6-12-21(19)29(27-22)20-11-4-3-8-17(20)2/h3-5,7-9,11,15,23H,6,10,12-14H2,1-2H3,(H,26,30). The lowest BCUT2D eigenvalue weighted by Crippen LogP contribution is -2.52. The summed E-state index contributed by atoms with van der Waals surface area (Å²) in [4.78, 5) is 28.3. The van der Waals surface area contributed by atoms with Gasteiger partial charge in [-0.05, 0) is 50.3 Å². The number of benzene rings is 2. The number of hydrogen-bond donors (Lipinski definition) is 1. The van der Waals surface area contributed by atoms with Gasteiger partial charge in [0, 0.05) is 24.3 Å². The van der Waals surface area contributed by atoms with Crippen molar-refractivity contribution in [1.29, 1.82) is 0 Å². The fourth-order valence-electron chi connectivity index (χ4n) is 4.80. The molecule has 0 radical (unpaired) electrons. The van der Waals surface area contributed by atoms with Gasteiger partial charge in [0.2, 0.25) is 5.91 Å². The van der Waals surface area contributed by atoms with Crippen molar-refractivity contribution in [1.82, 2.24) is 20.0 Å². The summed E-state index contributed by atoms with van der Waals surface area (Å²) in [5, 5.41) is 7.72. The highest BCUT2D eigenvalue weighted by Crippen LogP contribution is 2.32. The Morgan fingerprint density at radius 2 is 1.94 bits per heavy atom. The first-order valence-electron chi connectivity index (χ1n) is 10.9. The number of rotatable bonds is 3. The molecule has 158 valence electrons. The zero-order chi connectivity index (χ0) is 21.5. The topological polar surface area (TPSA) is 67.2 Å². The second kappa shape index (κ2) is 7.69. The van der Waals surface area contributed by atoms with Gasteiger partial charge in [0.15, 0.2) is 5.69 Å². The van der Waals surface area contributed by atoms with Gasteiger partial charge >= 0.3 is 0 Å². The van der Waals surface area contributed by atoms with Gasteiger partial charge in [0.05, 0.1) is 5.69 Å². The van der Waals surface area contributed by atoms with Crippen LogP contribution in [0.2, 0.25) is 0 Å². The molecule has 6 nitrogen and oxygen atoms in total. The maximum absolute atomic E-state index is 13.8. The molecule has 2 aliphatic rings. The van der Waals surface area contributed by atoms with Crippen molar-refractivity contribution >= 4 is 11.8 Å². The Kier molecular flexibility index (Phi) is 4.85. The van der Waals surface area contributed by atoms with E-state index in [0.717, 1.165) is 52.9 Å². The van der Waals surface area contributed by atoms with Gasteiger partial charge in [-0.15, -0.1) is 0 Å². The highest BCUT2D eigenvalue weighted by molar-refractivity contribution is 5.98. The van der Waals surface area contributed by atoms with Gasteiger partial charge in [0.1, 0.15) is 6.04 Å². The summed E-state index contributed by atoms with van der Waals surface area (Å²) in [6, 6.07) is 15.3. The number of hydrogen-bond acceptors (Lipinski definition) is 3. The van der Waals surface area contributed by atoms with E-state index in [2.05, 4.69) is 18.3 Å². The third-order valence-corrected chi connectivity index (χ3v) is 6.31. The van der Waals surface area contributed by atoms with Crippen molar-refractivity contribution in [2.24, 2.45) is 0 Å². The van der Waals surface area contributed by atoms with Crippen LogP contribution in [-0.4, -0.2) is 39.6 Å². The number of nitrogens with one attached hydrogen (secondary N) is 1. The third-order valence-electron chi connectivity index (χ3n) is 6.31. The van der Waals surface area contributed by atoms with Crippen LogP contribution in [-0.2, 0) is 17.6 Å². The Hall–Kier alpha value is -3.41. The van der Waals surface area contributed by atoms with Crippen LogP contribution in [0, 0.1) is 13.8 Å². The number of amides is 2. The van der Waals surface area contributed by atoms with Gasteiger partial charge in [-0.1, -0.05) is 48.0 Å². The number of piperazine rings is 1. The van der Waals surface area contributed by atoms with Crippen molar-refractivity contribution in [2.45, 2.75) is 39.2 Å². The first kappa shape index (κ1) is 19.5. The fraction of sp³-hybridized carbons (Fsp3) is 0.320. The lowest BCUT2D eigenvalue weighted by Gasteiger charge is -2.35. The van der Waals surface area contributed by atoms with E-state index in [4.69, 9.17) is 5.10 Å². The summed E-state index contributed by atoms with van der Waals surface area (Å²) in [5.41, 5.74) is 6.66. The Balaban J connectivity index is 1.57. The summed E-state index contributed by atoms with van der Waals surface area (Å²) < 4.78 is 1.94. The zero-order valence-corrected chi connectivity index (χ0v) is 17.9. The number of fused-ring (bicyclic) bond motifs is 1. The Labute approximate surface area is 181 Å². The SMILES string of the molecule is Cc1cccc(C2C(=O)NCCN2C(=O)c2nn(-c3ccccc3C)c3c2CCC3)c1. The predicted molar refractivity (Wildman–Crippen MR) is 118 cm³/mol. The maximum Gasteiger partial charge on any atom is 0.275 e. The molecule has 1 aromatic heterocycles. The van der Waals surface area contributed by atoms with Crippen LogP contribution < -0.4 is 5.32 Å². The molecule has 3 aromatic rings. The molecule has 2 heterocycles. The average molecular weight is 415 g/mol. The molecule has 1 unspecified atom stereocenters. The molecule has 2 amide bonds. The molecule has 2 aromatic carbocycles. The van der Waals surface area contributed by atoms with Crippen molar-refractivity contribution in [3.63, 3.8) is 0 Å². The van der Waals surface area contributed by atoms with Crippen LogP contribution in [0.25, 0.3) is 5.69 Å². The van der Waals surface area contributed by atoms with E-state index in [1.54, 1.807) is 4.90 Å². The second-order valence-corrected chi connectivity index (χ2v) is 8.43. The number of carbonyl (C=O) groups excluding carboxylic acids is 2. The molecule has 1 N–H and O–H groups in total. The molecule has 0 bridgehead atoms. The van der Waals surface area contributed by atoms with Crippen LogP contribution in [0.1, 0.15) is 50.9 Å². The average Bonchev–Trinajstić information content (AvgIpc) is 3.36. The van der Waals surface area contributed by atoms with Crippen LogP contribution in [0.4, 0.5) is 0 Å². The summed E-state index contributed by atoms with van der Waals surface area (Å²) in [6.45, 7) is 4.97. The first-order chi connectivity index (χ1) is 15.0. The van der Waals surface area contributed by atoms with Crippen molar-refractivity contribution in [3.05, 3.63) is 82.2 Å². The van der Waals surface area contributed by atoms with Gasteiger partial charge in [0.25, 0.3) is 5.91 Å². The van der Waals surface area contributed by atoms with E-state index in [-0.39, 0.29) is 11.8 Å². The highest BCUT2D eigenvalue weighted by atomic mass is 16.2. The maximum atomic E-state index is 13.8. The predicted octanol–water partition coefficient (Wildman–Crippen LogP) is 3.29. The lowest BCUT2D eigenvalue weighted by atomic mass is 9.99. The molecule has 1 aliphatic heterocycles. The minimum absolute atomic E-state index is 0.139. The molecule has 1 fully saturated rings. The van der Waals surface area contributed by atoms with Crippen LogP contribution >= 0.6 is 0 Å². The Morgan fingerprint density at radius 1 is 1.10 bits per heavy atom. The number of aromatic nitrogens is 2. The quantitative estimate of drug-likeness (QED) is 0.715. The Morgan fingerprint density at radius 3 is 2.74 bits per heavy atom. The number of nitrogens with zero attached hydrogens (tertiary/aromatic N) is 3. The second-order valence-electron chi connectivity index (χ2n) is 8.43. The largest absolute Gasteiger partial charge is 0.352 e. The molecule has 0 saturated carbocycles. The molecule has 1 atom stereocenters. The van der Waals surface area contributed by atoms with Crippen LogP contribution in [0.15, 0.2) is 48.5 Å². The smallest absolute Gasteiger partial charge is 0.275 e. The number of para-hydroxylation sites is 1. The van der Waals surface area contributed by atoms with E-state index >= 15 is 0 Å². The van der Waals surface area contributed by atoms with Gasteiger partial charge in [-0.25, -0.2) is 4.68 Å². The molecular formula is C25H26N4O2. The summed E-state index contributed by atoms with van der Waals surface area (Å²) in [5.74, 6) is -0.299. The van der Waals surface area contributed by atoms with Gasteiger partial charge < -0.3 is 10.2 Å². The first-order valence-corrected chi connectivity index (χ1v) is 10.9. The van der Waals surface area contributed by atoms with Crippen molar-refractivity contribution < 1.29 is 9.59 Å². The van der Waals surface area contributed by atoms with Gasteiger partial charge in [-0.2, -0.15) is 5.10 Å². The summed E-state index contributed by atoms with van der Waals surface area (Å²) in [6.07, 6.45) is 2.77. The van der Waals surface area contributed by atoms with E-state index in [1.807, 2.05) is 54.1 Å². The highest BCUT2D eigenvalue weighted by Gasteiger charge is 2.38. The van der Waals surface area contributed by atoms with E-state index in [0.29, 0.717) is 18.8 Å². The molecule has 1 saturated heterocycles. The fourth-order valence-corrected chi connectivity index (χ4v) is 4.80. The normalized spacial score (nSPS) is 18.1. The summed E-state index contributed by atoms with van der Waals surface area (Å²) >= 11 is 0. The van der Waals surface area contributed by atoms with Crippen LogP contribution in [0.3, 0.4) is 0 Å². The van der Waals surface area contributed by atoms with Crippen LogP contribution in [0.5, 0.6) is 0 Å². The molecule has 6 heteroatoms. The van der Waals surface area contributed by atoms with E-state index in [9.17, 15) is 9.59 Å². The zero-order valence-electron chi connectivity index (χ0n) is 17.9. The lowest BCUT2D eigenvalue weighted by molar-refractivity contribution is -0.128. The molecule has 5 rings (SSSR count). The van der Waals surface area contributed by atoms with Crippen molar-refractivity contribution in [2.75, 3.05) is 13.1 Å². The Bertz CT molecular complexity index is 1180. The monoisotopic (exact) mass is 414 g/mol. The van der Waals surface area contributed by atoms with Gasteiger partial charge in [-0.3, -0.25) is 9.59 Å². The minimum atomic E-state index is -0.637. The molecule has 1 aliphatic carbocycles. The van der Waals surface area contributed by atoms with E-state index in [1.165, 1.54) is 0 Å². The van der Waals surface area contributed by atoms with Crippen molar-refractivity contribution in [3.8, 4) is 5.69 Å². The molecule has 0 spiro atoms. The summed E-state index contributed by atoms with van der Waals surface area (Å²) in [7, 11) is 0. The minimum Gasteiger partial charge on any atom is -0.352 e. The molecule has 31 heavy (non-hydrogen) atoms. The van der Waals surface area contributed by atoms with E-state index < -0.39 is 6.04 Å². The number of aryl methyl sites for hydroxylation is 2. The third kappa shape index (κ3) is 3.32. The molecular weight excluding hydrogens is 388 g/mol.